The fraction of sp³-hybridized carbons (Fsp3) is 0.333. The van der Waals surface area contributed by atoms with E-state index < -0.39 is 0 Å². The van der Waals surface area contributed by atoms with Crippen molar-refractivity contribution < 1.29 is 9.53 Å². The summed E-state index contributed by atoms with van der Waals surface area (Å²) < 4.78 is 5.14. The Morgan fingerprint density at radius 3 is 2.84 bits per heavy atom. The quantitative estimate of drug-likeness (QED) is 0.824. The summed E-state index contributed by atoms with van der Waals surface area (Å²) in [4.78, 5) is 11.8. The Morgan fingerprint density at radius 1 is 1.42 bits per heavy atom. The van der Waals surface area contributed by atoms with Gasteiger partial charge < -0.3 is 10.1 Å². The standard InChI is InChI=1S/C15H16N2O2/c16-9-10-19-14-7-5-13(6-8-14)17-15(18)11-12-3-1-2-4-12/h1,3,5-8,12H,2,4,10-11H2,(H,17,18)/t12-/m1/s1. The second-order valence-corrected chi connectivity index (χ2v) is 4.49. The molecule has 1 amide bonds. The Kier molecular flexibility index (Phi) is 4.57. The molecule has 0 unspecified atom stereocenters. The highest BCUT2D eigenvalue weighted by Crippen LogP contribution is 2.21. The van der Waals surface area contributed by atoms with Crippen LogP contribution < -0.4 is 10.1 Å². The second kappa shape index (κ2) is 6.60. The zero-order chi connectivity index (χ0) is 13.5. The van der Waals surface area contributed by atoms with E-state index in [1.165, 1.54) is 0 Å². The summed E-state index contributed by atoms with van der Waals surface area (Å²) >= 11 is 0. The van der Waals surface area contributed by atoms with E-state index in [9.17, 15) is 4.79 Å². The van der Waals surface area contributed by atoms with Crippen molar-refractivity contribution in [2.45, 2.75) is 19.3 Å². The lowest BCUT2D eigenvalue weighted by molar-refractivity contribution is -0.116. The topological polar surface area (TPSA) is 62.1 Å². The molecule has 1 aromatic carbocycles. The van der Waals surface area contributed by atoms with Crippen molar-refractivity contribution in [1.82, 2.24) is 0 Å². The third-order valence-electron chi connectivity index (χ3n) is 3.00. The molecule has 0 radical (unpaired) electrons. The molecule has 0 saturated heterocycles. The predicted octanol–water partition coefficient (Wildman–Crippen LogP) is 2.88. The fourth-order valence-corrected chi connectivity index (χ4v) is 2.07. The van der Waals surface area contributed by atoms with Crippen molar-refractivity contribution in [3.05, 3.63) is 36.4 Å². The first kappa shape index (κ1) is 13.2. The lowest BCUT2D eigenvalue weighted by atomic mass is 10.1. The van der Waals surface area contributed by atoms with Gasteiger partial charge in [0, 0.05) is 12.1 Å². The molecule has 1 atom stereocenters. The summed E-state index contributed by atoms with van der Waals surface area (Å²) in [7, 11) is 0. The van der Waals surface area contributed by atoms with Crippen LogP contribution in [0.5, 0.6) is 5.75 Å². The van der Waals surface area contributed by atoms with Gasteiger partial charge in [-0.05, 0) is 43.0 Å². The molecule has 0 heterocycles. The lowest BCUT2D eigenvalue weighted by Crippen LogP contribution is -2.14. The summed E-state index contributed by atoms with van der Waals surface area (Å²) in [6.45, 7) is 0.0275. The van der Waals surface area contributed by atoms with Crippen LogP contribution in [0.1, 0.15) is 19.3 Å². The van der Waals surface area contributed by atoms with Crippen LogP contribution in [-0.4, -0.2) is 12.5 Å². The van der Waals surface area contributed by atoms with Gasteiger partial charge in [0.25, 0.3) is 0 Å². The van der Waals surface area contributed by atoms with E-state index in [0.29, 0.717) is 18.1 Å². The van der Waals surface area contributed by atoms with Crippen molar-refractivity contribution in [1.29, 1.82) is 5.26 Å². The molecule has 1 N–H and O–H groups in total. The molecular formula is C15H16N2O2. The zero-order valence-corrected chi connectivity index (χ0v) is 10.6. The van der Waals surface area contributed by atoms with Crippen molar-refractivity contribution in [2.75, 3.05) is 11.9 Å². The first-order valence-electron chi connectivity index (χ1n) is 6.34. The van der Waals surface area contributed by atoms with Crippen LogP contribution in [0.4, 0.5) is 5.69 Å². The number of nitrogens with one attached hydrogen (secondary N) is 1. The number of allylic oxidation sites excluding steroid dienone is 2. The predicted molar refractivity (Wildman–Crippen MR) is 72.7 cm³/mol. The molecule has 0 fully saturated rings. The Hall–Kier alpha value is -2.28. The van der Waals surface area contributed by atoms with Crippen molar-refractivity contribution >= 4 is 11.6 Å². The first-order chi connectivity index (χ1) is 9.28. The SMILES string of the molecule is N#CCOc1ccc(NC(=O)C[C@@H]2C=CCC2)cc1. The molecule has 1 aliphatic carbocycles. The molecule has 98 valence electrons. The maximum absolute atomic E-state index is 11.8. The number of nitriles is 1. The highest BCUT2D eigenvalue weighted by molar-refractivity contribution is 5.91. The number of carbonyl (C=O) groups excluding carboxylic acids is 1. The molecular weight excluding hydrogens is 240 g/mol. The van der Waals surface area contributed by atoms with Gasteiger partial charge in [-0.15, -0.1) is 0 Å². The molecule has 0 spiro atoms. The highest BCUT2D eigenvalue weighted by Gasteiger charge is 2.13. The van der Waals surface area contributed by atoms with Gasteiger partial charge in [0.2, 0.25) is 5.91 Å². The van der Waals surface area contributed by atoms with Gasteiger partial charge >= 0.3 is 0 Å². The molecule has 0 saturated carbocycles. The number of rotatable bonds is 5. The molecule has 0 aromatic heterocycles. The van der Waals surface area contributed by atoms with Gasteiger partial charge in [-0.3, -0.25) is 4.79 Å². The smallest absolute Gasteiger partial charge is 0.224 e. The van der Waals surface area contributed by atoms with Crippen LogP contribution in [0.25, 0.3) is 0 Å². The summed E-state index contributed by atoms with van der Waals surface area (Å²) in [5.74, 6) is 1.03. The normalized spacial score (nSPS) is 16.9. The third-order valence-corrected chi connectivity index (χ3v) is 3.00. The Bertz CT molecular complexity index is 500. The summed E-state index contributed by atoms with van der Waals surface area (Å²) in [5, 5.41) is 11.3. The van der Waals surface area contributed by atoms with Crippen molar-refractivity contribution in [3.8, 4) is 11.8 Å². The molecule has 1 aromatic rings. The fourth-order valence-electron chi connectivity index (χ4n) is 2.07. The minimum Gasteiger partial charge on any atom is -0.479 e. The molecule has 2 rings (SSSR count). The second-order valence-electron chi connectivity index (χ2n) is 4.49. The van der Waals surface area contributed by atoms with Crippen molar-refractivity contribution in [2.24, 2.45) is 5.92 Å². The maximum atomic E-state index is 11.8. The molecule has 1 aliphatic rings. The third kappa shape index (κ3) is 4.14. The van der Waals surface area contributed by atoms with Gasteiger partial charge in [-0.25, -0.2) is 0 Å². The molecule has 19 heavy (non-hydrogen) atoms. The number of carbonyl (C=O) groups is 1. The minimum absolute atomic E-state index is 0.0275. The number of benzene rings is 1. The van der Waals surface area contributed by atoms with Gasteiger partial charge in [0.05, 0.1) is 0 Å². The molecule has 4 heteroatoms. The summed E-state index contributed by atoms with van der Waals surface area (Å²) in [5.41, 5.74) is 0.747. The number of hydrogen-bond acceptors (Lipinski definition) is 3. The lowest BCUT2D eigenvalue weighted by Gasteiger charge is -2.09. The van der Waals surface area contributed by atoms with E-state index in [-0.39, 0.29) is 12.5 Å². The van der Waals surface area contributed by atoms with E-state index >= 15 is 0 Å². The van der Waals surface area contributed by atoms with Gasteiger partial charge in [-0.2, -0.15) is 5.26 Å². The van der Waals surface area contributed by atoms with Crippen LogP contribution in [0.3, 0.4) is 0 Å². The van der Waals surface area contributed by atoms with E-state index in [4.69, 9.17) is 10.00 Å². The number of amides is 1. The monoisotopic (exact) mass is 256 g/mol. The van der Waals surface area contributed by atoms with Crippen LogP contribution in [0.2, 0.25) is 0 Å². The highest BCUT2D eigenvalue weighted by atomic mass is 16.5. The van der Waals surface area contributed by atoms with Crippen LogP contribution in [0.15, 0.2) is 36.4 Å². The Morgan fingerprint density at radius 2 is 2.21 bits per heavy atom. The summed E-state index contributed by atoms with van der Waals surface area (Å²) in [6.07, 6.45) is 6.90. The Balaban J connectivity index is 1.83. The van der Waals surface area contributed by atoms with Crippen molar-refractivity contribution in [3.63, 3.8) is 0 Å². The van der Waals surface area contributed by atoms with Gasteiger partial charge in [-0.1, -0.05) is 12.2 Å². The number of ether oxygens (including phenoxy) is 1. The van der Waals surface area contributed by atoms with E-state index in [2.05, 4.69) is 17.5 Å². The van der Waals surface area contributed by atoms with E-state index in [1.54, 1.807) is 24.3 Å². The van der Waals surface area contributed by atoms with Crippen LogP contribution in [-0.2, 0) is 4.79 Å². The van der Waals surface area contributed by atoms with E-state index in [1.807, 2.05) is 6.07 Å². The molecule has 0 bridgehead atoms. The summed E-state index contributed by atoms with van der Waals surface area (Å²) in [6, 6.07) is 8.93. The van der Waals surface area contributed by atoms with Crippen LogP contribution >= 0.6 is 0 Å². The largest absolute Gasteiger partial charge is 0.479 e. The maximum Gasteiger partial charge on any atom is 0.224 e. The number of anilines is 1. The number of hydrogen-bond donors (Lipinski definition) is 1. The average molecular weight is 256 g/mol. The van der Waals surface area contributed by atoms with Gasteiger partial charge in [0.1, 0.15) is 11.8 Å². The average Bonchev–Trinajstić information content (AvgIpc) is 2.90. The number of nitrogens with zero attached hydrogens (tertiary/aromatic N) is 1. The molecule has 4 nitrogen and oxygen atoms in total. The van der Waals surface area contributed by atoms with E-state index in [0.717, 1.165) is 18.5 Å². The van der Waals surface area contributed by atoms with Gasteiger partial charge in [0.15, 0.2) is 6.61 Å². The zero-order valence-electron chi connectivity index (χ0n) is 10.6. The molecule has 0 aliphatic heterocycles. The Labute approximate surface area is 112 Å². The first-order valence-corrected chi connectivity index (χ1v) is 6.34. The van der Waals surface area contributed by atoms with Crippen LogP contribution in [0, 0.1) is 17.2 Å². The minimum atomic E-state index is 0.0275.